The van der Waals surface area contributed by atoms with Gasteiger partial charge >= 0.3 is 0 Å². The molecule has 0 unspecified atom stereocenters. The second-order valence-corrected chi connectivity index (χ2v) is 9.32. The minimum atomic E-state index is -0.335. The smallest absolute Gasteiger partial charge is 0.291 e. The normalized spacial score (nSPS) is 14.3. The van der Waals surface area contributed by atoms with Crippen LogP contribution in [0.15, 0.2) is 46.9 Å². The predicted octanol–water partition coefficient (Wildman–Crippen LogP) is 6.22. The fourth-order valence-electron chi connectivity index (χ4n) is 4.12. The summed E-state index contributed by atoms with van der Waals surface area (Å²) in [6, 6.07) is 12.9. The van der Waals surface area contributed by atoms with Crippen LogP contribution >= 0.6 is 11.8 Å². The van der Waals surface area contributed by atoms with Crippen LogP contribution < -0.4 is 15.4 Å². The Hall–Kier alpha value is -2.93. The van der Waals surface area contributed by atoms with E-state index in [1.807, 2.05) is 36.0 Å². The van der Waals surface area contributed by atoms with Gasteiger partial charge in [0.1, 0.15) is 11.3 Å². The molecule has 32 heavy (non-hydrogen) atoms. The number of carbonyl (C=O) groups excluding carboxylic acids is 2. The molecule has 6 nitrogen and oxygen atoms in total. The van der Waals surface area contributed by atoms with Crippen LogP contribution in [0.3, 0.4) is 0 Å². The van der Waals surface area contributed by atoms with E-state index >= 15 is 0 Å². The van der Waals surface area contributed by atoms with Crippen molar-refractivity contribution in [2.75, 3.05) is 17.7 Å². The lowest BCUT2D eigenvalue weighted by molar-refractivity contribution is -0.114. The summed E-state index contributed by atoms with van der Waals surface area (Å²) >= 11 is 1.91. The highest BCUT2D eigenvalue weighted by atomic mass is 32.2. The van der Waals surface area contributed by atoms with Crippen LogP contribution in [0.2, 0.25) is 0 Å². The molecule has 2 aromatic carbocycles. The van der Waals surface area contributed by atoms with Crippen molar-refractivity contribution in [3.8, 4) is 5.75 Å². The van der Waals surface area contributed by atoms with Gasteiger partial charge in [-0.25, -0.2) is 0 Å². The van der Waals surface area contributed by atoms with Gasteiger partial charge in [0.15, 0.2) is 5.76 Å². The lowest BCUT2D eigenvalue weighted by Crippen LogP contribution is -2.15. The second-order valence-electron chi connectivity index (χ2n) is 8.03. The summed E-state index contributed by atoms with van der Waals surface area (Å²) in [6.45, 7) is 1.44. The zero-order chi connectivity index (χ0) is 22.5. The molecule has 1 fully saturated rings. The number of rotatable bonds is 7. The number of methoxy groups -OCH3 is 1. The standard InChI is InChI=1S/C25H28N2O4S/c1-16(28)26-17-12-13-23(30-2)21(14-17)27-25(29)24-20(15-32-18-8-4-3-5-9-18)19-10-6-7-11-22(19)31-24/h6-7,10-14,18H,3-5,8-9,15H2,1-2H3,(H,26,28)(H,27,29). The Labute approximate surface area is 192 Å². The van der Waals surface area contributed by atoms with Crippen molar-refractivity contribution in [1.82, 2.24) is 0 Å². The van der Waals surface area contributed by atoms with E-state index in [1.54, 1.807) is 18.2 Å². The number of amides is 2. The van der Waals surface area contributed by atoms with Gasteiger partial charge in [0.25, 0.3) is 5.91 Å². The van der Waals surface area contributed by atoms with Gasteiger partial charge in [-0.2, -0.15) is 11.8 Å². The van der Waals surface area contributed by atoms with Crippen LogP contribution in [0.1, 0.15) is 55.1 Å². The summed E-state index contributed by atoms with van der Waals surface area (Å²) in [5.41, 5.74) is 2.67. The topological polar surface area (TPSA) is 80.6 Å². The first kappa shape index (κ1) is 22.3. The lowest BCUT2D eigenvalue weighted by atomic mass is 10.0. The Bertz CT molecular complexity index is 1120. The Kier molecular flexibility index (Phi) is 7.05. The molecule has 0 aliphatic heterocycles. The summed E-state index contributed by atoms with van der Waals surface area (Å²) in [7, 11) is 1.54. The number of hydrogen-bond donors (Lipinski definition) is 2. The van der Waals surface area contributed by atoms with Crippen LogP contribution in [0.4, 0.5) is 11.4 Å². The van der Waals surface area contributed by atoms with Crippen molar-refractivity contribution in [3.63, 3.8) is 0 Å². The fourth-order valence-corrected chi connectivity index (χ4v) is 5.48. The van der Waals surface area contributed by atoms with E-state index < -0.39 is 0 Å². The molecule has 1 saturated carbocycles. The van der Waals surface area contributed by atoms with Crippen LogP contribution in [-0.2, 0) is 10.5 Å². The summed E-state index contributed by atoms with van der Waals surface area (Å²) in [5, 5.41) is 7.24. The molecule has 1 heterocycles. The van der Waals surface area contributed by atoms with Crippen molar-refractivity contribution in [1.29, 1.82) is 0 Å². The van der Waals surface area contributed by atoms with E-state index in [2.05, 4.69) is 10.6 Å². The first-order chi connectivity index (χ1) is 15.5. The maximum atomic E-state index is 13.3. The van der Waals surface area contributed by atoms with Crippen LogP contribution in [0.5, 0.6) is 5.75 Å². The van der Waals surface area contributed by atoms with E-state index in [1.165, 1.54) is 46.1 Å². The molecule has 0 spiro atoms. The zero-order valence-corrected chi connectivity index (χ0v) is 19.2. The molecule has 4 rings (SSSR count). The van der Waals surface area contributed by atoms with Crippen molar-refractivity contribution in [3.05, 3.63) is 53.8 Å². The lowest BCUT2D eigenvalue weighted by Gasteiger charge is -2.20. The number of thioether (sulfide) groups is 1. The van der Waals surface area contributed by atoms with Gasteiger partial charge in [0.2, 0.25) is 5.91 Å². The van der Waals surface area contributed by atoms with Gasteiger partial charge in [-0.05, 0) is 37.1 Å². The quantitative estimate of drug-likeness (QED) is 0.445. The number of benzene rings is 2. The number of ether oxygens (including phenoxy) is 1. The number of nitrogens with one attached hydrogen (secondary N) is 2. The molecule has 0 saturated heterocycles. The summed E-state index contributed by atoms with van der Waals surface area (Å²) in [6.07, 6.45) is 6.34. The SMILES string of the molecule is COc1ccc(NC(C)=O)cc1NC(=O)c1oc2ccccc2c1CSC1CCCCC1. The van der Waals surface area contributed by atoms with Crippen LogP contribution in [-0.4, -0.2) is 24.2 Å². The minimum absolute atomic E-state index is 0.188. The van der Waals surface area contributed by atoms with Crippen LogP contribution in [0.25, 0.3) is 11.0 Å². The van der Waals surface area contributed by atoms with Crippen molar-refractivity contribution in [2.45, 2.75) is 50.0 Å². The molecular formula is C25H28N2O4S. The monoisotopic (exact) mass is 452 g/mol. The number of furan rings is 1. The average Bonchev–Trinajstić information content (AvgIpc) is 3.17. The number of para-hydroxylation sites is 1. The predicted molar refractivity (Wildman–Crippen MR) is 130 cm³/mol. The van der Waals surface area contributed by atoms with Crippen LogP contribution in [0, 0.1) is 0 Å². The van der Waals surface area contributed by atoms with E-state index in [0.717, 1.165) is 16.7 Å². The zero-order valence-electron chi connectivity index (χ0n) is 18.4. The molecule has 0 bridgehead atoms. The molecule has 168 valence electrons. The minimum Gasteiger partial charge on any atom is -0.495 e. The first-order valence-corrected chi connectivity index (χ1v) is 12.0. The maximum absolute atomic E-state index is 13.3. The van der Waals surface area contributed by atoms with Gasteiger partial charge < -0.3 is 19.8 Å². The van der Waals surface area contributed by atoms with E-state index in [0.29, 0.717) is 33.7 Å². The third kappa shape index (κ3) is 5.10. The van der Waals surface area contributed by atoms with Gasteiger partial charge in [0.05, 0.1) is 12.8 Å². The Morgan fingerprint density at radius 3 is 2.62 bits per heavy atom. The van der Waals surface area contributed by atoms with E-state index in [-0.39, 0.29) is 11.8 Å². The molecule has 0 radical (unpaired) electrons. The molecule has 2 amide bonds. The molecule has 7 heteroatoms. The third-order valence-electron chi connectivity index (χ3n) is 5.69. The Balaban J connectivity index is 1.61. The van der Waals surface area contributed by atoms with Gasteiger partial charge in [0, 0.05) is 34.6 Å². The molecule has 3 aromatic rings. The molecule has 0 atom stereocenters. The molecule has 1 aromatic heterocycles. The maximum Gasteiger partial charge on any atom is 0.291 e. The highest BCUT2D eigenvalue weighted by Crippen LogP contribution is 2.36. The second kappa shape index (κ2) is 10.1. The molecule has 2 N–H and O–H groups in total. The number of hydrogen-bond acceptors (Lipinski definition) is 5. The number of anilines is 2. The highest BCUT2D eigenvalue weighted by Gasteiger charge is 2.23. The summed E-state index contributed by atoms with van der Waals surface area (Å²) in [5.74, 6) is 1.03. The Morgan fingerprint density at radius 2 is 1.88 bits per heavy atom. The fraction of sp³-hybridized carbons (Fsp3) is 0.360. The van der Waals surface area contributed by atoms with Crippen molar-refractivity contribution in [2.24, 2.45) is 0 Å². The van der Waals surface area contributed by atoms with E-state index in [4.69, 9.17) is 9.15 Å². The Morgan fingerprint density at radius 1 is 1.09 bits per heavy atom. The highest BCUT2D eigenvalue weighted by molar-refractivity contribution is 7.99. The summed E-state index contributed by atoms with van der Waals surface area (Å²) in [4.78, 5) is 24.7. The average molecular weight is 453 g/mol. The molecule has 1 aliphatic rings. The van der Waals surface area contributed by atoms with Gasteiger partial charge in [-0.1, -0.05) is 37.5 Å². The van der Waals surface area contributed by atoms with Crippen molar-refractivity contribution < 1.29 is 18.7 Å². The summed E-state index contributed by atoms with van der Waals surface area (Å²) < 4.78 is 11.4. The molecular weight excluding hydrogens is 424 g/mol. The van der Waals surface area contributed by atoms with Crippen molar-refractivity contribution >= 4 is 45.9 Å². The number of carbonyl (C=O) groups is 2. The molecule has 1 aliphatic carbocycles. The van der Waals surface area contributed by atoms with Gasteiger partial charge in [-0.3, -0.25) is 9.59 Å². The van der Waals surface area contributed by atoms with Gasteiger partial charge in [-0.15, -0.1) is 0 Å². The third-order valence-corrected chi connectivity index (χ3v) is 7.09. The first-order valence-electron chi connectivity index (χ1n) is 10.9. The largest absolute Gasteiger partial charge is 0.495 e. The van der Waals surface area contributed by atoms with E-state index in [9.17, 15) is 9.59 Å². The number of fused-ring (bicyclic) bond motifs is 1.